The fourth-order valence-corrected chi connectivity index (χ4v) is 2.28. The molecule has 0 aromatic heterocycles. The van der Waals surface area contributed by atoms with Crippen molar-refractivity contribution in [1.29, 1.82) is 0 Å². The highest BCUT2D eigenvalue weighted by molar-refractivity contribution is 4.81. The molecule has 0 spiro atoms. The Balaban J connectivity index is 3.70. The van der Waals surface area contributed by atoms with Gasteiger partial charge in [0.2, 0.25) is 0 Å². The predicted molar refractivity (Wildman–Crippen MR) is 72.5 cm³/mol. The van der Waals surface area contributed by atoms with Crippen LogP contribution >= 0.6 is 0 Å². The number of allylic oxidation sites excluding steroid dienone is 2. The van der Waals surface area contributed by atoms with Crippen LogP contribution in [0.5, 0.6) is 0 Å². The van der Waals surface area contributed by atoms with Crippen LogP contribution in [0.4, 0.5) is 0 Å². The molecule has 0 radical (unpaired) electrons. The van der Waals surface area contributed by atoms with Crippen molar-refractivity contribution in [2.45, 2.75) is 72.8 Å². The van der Waals surface area contributed by atoms with Crippen LogP contribution in [0.15, 0.2) is 12.2 Å². The molecule has 1 heteroatoms. The summed E-state index contributed by atoms with van der Waals surface area (Å²) in [6.45, 7) is 11.2. The first-order valence-corrected chi connectivity index (χ1v) is 6.68. The molecule has 96 valence electrons. The average Bonchev–Trinajstić information content (AvgIpc) is 2.09. The maximum absolute atomic E-state index is 9.88. The molecule has 0 amide bonds. The normalized spacial score (nSPS) is 16.6. The van der Waals surface area contributed by atoms with Gasteiger partial charge in [0.1, 0.15) is 0 Å². The van der Waals surface area contributed by atoms with E-state index >= 15 is 0 Å². The zero-order valence-electron chi connectivity index (χ0n) is 11.8. The topological polar surface area (TPSA) is 20.2 Å². The number of hydrogen-bond acceptors (Lipinski definition) is 1. The first kappa shape index (κ1) is 15.7. The molecule has 0 fully saturated rings. The Morgan fingerprint density at radius 2 is 1.81 bits per heavy atom. The number of hydrogen-bond donors (Lipinski definition) is 1. The van der Waals surface area contributed by atoms with Crippen molar-refractivity contribution in [2.24, 2.45) is 11.3 Å². The van der Waals surface area contributed by atoms with Crippen LogP contribution in [-0.2, 0) is 0 Å². The third-order valence-electron chi connectivity index (χ3n) is 2.70. The zero-order chi connectivity index (χ0) is 12.6. The molecular weight excluding hydrogens is 196 g/mol. The van der Waals surface area contributed by atoms with E-state index in [1.807, 2.05) is 0 Å². The lowest BCUT2D eigenvalue weighted by molar-refractivity contribution is 0.125. The summed E-state index contributed by atoms with van der Waals surface area (Å²) in [6, 6.07) is 0. The summed E-state index contributed by atoms with van der Waals surface area (Å²) < 4.78 is 0. The molecule has 0 aliphatic carbocycles. The Bertz CT molecular complexity index is 188. The maximum atomic E-state index is 9.88. The molecule has 1 nitrogen and oxygen atoms in total. The molecule has 2 unspecified atom stereocenters. The standard InChI is InChI=1S/C15H30O/c1-6-7-8-9-10-14(16)11-13(2)12-15(3,4)5/h7-8,13-14,16H,6,9-12H2,1-5H3. The quantitative estimate of drug-likeness (QED) is 0.631. The third kappa shape index (κ3) is 10.2. The van der Waals surface area contributed by atoms with E-state index in [4.69, 9.17) is 0 Å². The van der Waals surface area contributed by atoms with Crippen LogP contribution in [0.25, 0.3) is 0 Å². The second-order valence-electron chi connectivity index (χ2n) is 6.22. The zero-order valence-corrected chi connectivity index (χ0v) is 11.8. The molecule has 0 saturated heterocycles. The summed E-state index contributed by atoms with van der Waals surface area (Å²) in [5.74, 6) is 0.616. The number of aliphatic hydroxyl groups excluding tert-OH is 1. The molecule has 0 aliphatic heterocycles. The van der Waals surface area contributed by atoms with Crippen molar-refractivity contribution < 1.29 is 5.11 Å². The minimum absolute atomic E-state index is 0.126. The SMILES string of the molecule is CCC=CCCC(O)CC(C)CC(C)(C)C. The van der Waals surface area contributed by atoms with Gasteiger partial charge in [-0.3, -0.25) is 0 Å². The van der Waals surface area contributed by atoms with Gasteiger partial charge in [0.25, 0.3) is 0 Å². The van der Waals surface area contributed by atoms with E-state index in [-0.39, 0.29) is 6.10 Å². The van der Waals surface area contributed by atoms with E-state index < -0.39 is 0 Å². The van der Waals surface area contributed by atoms with E-state index in [1.54, 1.807) is 0 Å². The van der Waals surface area contributed by atoms with E-state index in [2.05, 4.69) is 46.8 Å². The van der Waals surface area contributed by atoms with Gasteiger partial charge < -0.3 is 5.11 Å². The Hall–Kier alpha value is -0.300. The van der Waals surface area contributed by atoms with Gasteiger partial charge in [-0.15, -0.1) is 0 Å². The van der Waals surface area contributed by atoms with Gasteiger partial charge in [0, 0.05) is 0 Å². The van der Waals surface area contributed by atoms with Gasteiger partial charge in [-0.25, -0.2) is 0 Å². The van der Waals surface area contributed by atoms with Crippen molar-refractivity contribution in [1.82, 2.24) is 0 Å². The molecule has 2 atom stereocenters. The summed E-state index contributed by atoms with van der Waals surface area (Å²) in [5, 5.41) is 9.88. The monoisotopic (exact) mass is 226 g/mol. The molecule has 0 aromatic rings. The van der Waals surface area contributed by atoms with Gasteiger partial charge >= 0.3 is 0 Å². The second-order valence-corrected chi connectivity index (χ2v) is 6.22. The van der Waals surface area contributed by atoms with Crippen LogP contribution in [0.1, 0.15) is 66.7 Å². The van der Waals surface area contributed by atoms with Gasteiger partial charge in [0.05, 0.1) is 6.10 Å². The molecule has 16 heavy (non-hydrogen) atoms. The van der Waals surface area contributed by atoms with Crippen LogP contribution in [0.2, 0.25) is 0 Å². The minimum Gasteiger partial charge on any atom is -0.393 e. The minimum atomic E-state index is -0.126. The summed E-state index contributed by atoms with van der Waals surface area (Å²) in [6.07, 6.45) is 9.37. The molecule has 0 aliphatic rings. The summed E-state index contributed by atoms with van der Waals surface area (Å²) in [7, 11) is 0. The van der Waals surface area contributed by atoms with Crippen LogP contribution in [-0.4, -0.2) is 11.2 Å². The Kier molecular flexibility index (Phi) is 7.74. The third-order valence-corrected chi connectivity index (χ3v) is 2.70. The second kappa shape index (κ2) is 7.89. The summed E-state index contributed by atoms with van der Waals surface area (Å²) >= 11 is 0. The first-order valence-electron chi connectivity index (χ1n) is 6.68. The predicted octanol–water partition coefficient (Wildman–Crippen LogP) is 4.56. The van der Waals surface area contributed by atoms with Crippen molar-refractivity contribution >= 4 is 0 Å². The van der Waals surface area contributed by atoms with Crippen molar-refractivity contribution in [2.75, 3.05) is 0 Å². The van der Waals surface area contributed by atoms with Crippen molar-refractivity contribution in [3.05, 3.63) is 12.2 Å². The Morgan fingerprint density at radius 1 is 1.19 bits per heavy atom. The smallest absolute Gasteiger partial charge is 0.0545 e. The van der Waals surface area contributed by atoms with E-state index in [9.17, 15) is 5.11 Å². The fourth-order valence-electron chi connectivity index (χ4n) is 2.28. The highest BCUT2D eigenvalue weighted by Gasteiger charge is 2.17. The lowest BCUT2D eigenvalue weighted by Gasteiger charge is -2.24. The lowest BCUT2D eigenvalue weighted by Crippen LogP contribution is -2.16. The van der Waals surface area contributed by atoms with Crippen molar-refractivity contribution in [3.63, 3.8) is 0 Å². The molecule has 0 bridgehead atoms. The summed E-state index contributed by atoms with van der Waals surface area (Å²) in [5.41, 5.74) is 0.376. The Morgan fingerprint density at radius 3 is 2.31 bits per heavy atom. The molecule has 0 aromatic carbocycles. The number of aliphatic hydroxyl groups is 1. The van der Waals surface area contributed by atoms with Gasteiger partial charge in [0.15, 0.2) is 0 Å². The van der Waals surface area contributed by atoms with Crippen LogP contribution in [0.3, 0.4) is 0 Å². The van der Waals surface area contributed by atoms with Crippen LogP contribution in [0, 0.1) is 11.3 Å². The van der Waals surface area contributed by atoms with Crippen LogP contribution < -0.4 is 0 Å². The van der Waals surface area contributed by atoms with E-state index in [0.717, 1.165) is 25.7 Å². The first-order chi connectivity index (χ1) is 7.35. The molecule has 0 rings (SSSR count). The largest absolute Gasteiger partial charge is 0.393 e. The lowest BCUT2D eigenvalue weighted by atomic mass is 9.83. The highest BCUT2D eigenvalue weighted by atomic mass is 16.3. The molecule has 0 heterocycles. The van der Waals surface area contributed by atoms with E-state index in [1.165, 1.54) is 6.42 Å². The number of rotatable bonds is 7. The van der Waals surface area contributed by atoms with E-state index in [0.29, 0.717) is 11.3 Å². The van der Waals surface area contributed by atoms with Gasteiger partial charge in [-0.05, 0) is 43.4 Å². The Labute approximate surface area is 102 Å². The maximum Gasteiger partial charge on any atom is 0.0545 e. The average molecular weight is 226 g/mol. The highest BCUT2D eigenvalue weighted by Crippen LogP contribution is 2.27. The van der Waals surface area contributed by atoms with Crippen molar-refractivity contribution in [3.8, 4) is 0 Å². The molecule has 0 saturated carbocycles. The molecule has 1 N–H and O–H groups in total. The summed E-state index contributed by atoms with van der Waals surface area (Å²) in [4.78, 5) is 0. The fraction of sp³-hybridized carbons (Fsp3) is 0.867. The van der Waals surface area contributed by atoms with Gasteiger partial charge in [-0.1, -0.05) is 46.8 Å². The molecular formula is C15H30O. The van der Waals surface area contributed by atoms with Gasteiger partial charge in [-0.2, -0.15) is 0 Å².